The number of nitrogens with zero attached hydrogens (tertiary/aromatic N) is 2. The number of Topliss-reactive ketones (excluding diaryl/α,β-unsaturated/α-hetero) is 1. The van der Waals surface area contributed by atoms with E-state index in [0.717, 1.165) is 42.5 Å². The van der Waals surface area contributed by atoms with E-state index in [9.17, 15) is 4.79 Å². The Labute approximate surface area is 157 Å². The smallest absolute Gasteiger partial charge is 0.175 e. The number of ketones is 1. The second-order valence-corrected chi connectivity index (χ2v) is 8.19. The van der Waals surface area contributed by atoms with Crippen LogP contribution in [0.4, 0.5) is 0 Å². The normalized spacial score (nSPS) is 18.5. The Morgan fingerprint density at radius 3 is 2.76 bits per heavy atom. The number of hydrogen-bond donors (Lipinski definition) is 0. The Kier molecular flexibility index (Phi) is 5.87. The molecule has 2 aromatic rings. The number of ether oxygens (including phenoxy) is 1. The first-order valence-corrected chi connectivity index (χ1v) is 9.83. The molecule has 1 aromatic carbocycles. The van der Waals surface area contributed by atoms with Crippen molar-refractivity contribution in [3.05, 3.63) is 46.2 Å². The third kappa shape index (κ3) is 4.27. The lowest BCUT2D eigenvalue weighted by molar-refractivity contribution is 0.0944. The molecule has 2 heterocycles. The fraction of sp³-hybridized carbons (Fsp3) is 0.474. The molecular formula is C19H23ClN2O2S. The maximum Gasteiger partial charge on any atom is 0.175 e. The summed E-state index contributed by atoms with van der Waals surface area (Å²) >= 11 is 7.42. The molecule has 0 bridgehead atoms. The summed E-state index contributed by atoms with van der Waals surface area (Å²) in [5.41, 5.74) is 2.82. The number of thioether (sulfide) groups is 1. The minimum absolute atomic E-state index is 0.0867. The van der Waals surface area contributed by atoms with Gasteiger partial charge < -0.3 is 9.30 Å². The number of imidazole rings is 1. The first-order chi connectivity index (χ1) is 12.0. The third-order valence-electron chi connectivity index (χ3n) is 4.61. The van der Waals surface area contributed by atoms with Crippen LogP contribution in [-0.2, 0) is 11.3 Å². The summed E-state index contributed by atoms with van der Waals surface area (Å²) in [6.45, 7) is 7.66. The molecule has 25 heavy (non-hydrogen) atoms. The van der Waals surface area contributed by atoms with E-state index in [1.165, 1.54) is 11.8 Å². The highest BCUT2D eigenvalue weighted by Gasteiger charge is 2.23. The van der Waals surface area contributed by atoms with Crippen LogP contribution in [0.25, 0.3) is 0 Å². The average Bonchev–Trinajstić information content (AvgIpc) is 3.19. The Bertz CT molecular complexity index is 752. The zero-order valence-corrected chi connectivity index (χ0v) is 16.4. The second kappa shape index (κ2) is 7.94. The lowest BCUT2D eigenvalue weighted by Crippen LogP contribution is -2.19. The first-order valence-electron chi connectivity index (χ1n) is 8.57. The number of carbonyl (C=O) groups is 1. The van der Waals surface area contributed by atoms with Crippen LogP contribution in [0.15, 0.2) is 29.4 Å². The molecule has 1 aliphatic rings. The van der Waals surface area contributed by atoms with Gasteiger partial charge in [-0.1, -0.05) is 23.4 Å². The van der Waals surface area contributed by atoms with E-state index in [0.29, 0.717) is 10.6 Å². The molecule has 0 radical (unpaired) electrons. The molecule has 2 unspecified atom stereocenters. The van der Waals surface area contributed by atoms with E-state index in [4.69, 9.17) is 16.3 Å². The van der Waals surface area contributed by atoms with Crippen LogP contribution in [0.2, 0.25) is 5.02 Å². The van der Waals surface area contributed by atoms with E-state index < -0.39 is 0 Å². The predicted molar refractivity (Wildman–Crippen MR) is 102 cm³/mol. The minimum atomic E-state index is -0.217. The van der Waals surface area contributed by atoms with Gasteiger partial charge in [0, 0.05) is 22.9 Å². The summed E-state index contributed by atoms with van der Waals surface area (Å²) in [6.07, 6.45) is 2.44. The van der Waals surface area contributed by atoms with Crippen LogP contribution in [0.1, 0.15) is 41.5 Å². The Morgan fingerprint density at radius 2 is 2.12 bits per heavy atom. The van der Waals surface area contributed by atoms with Crippen LogP contribution in [-0.4, -0.2) is 33.3 Å². The van der Waals surface area contributed by atoms with Gasteiger partial charge in [-0.05, 0) is 57.9 Å². The SMILES string of the molecule is Cc1nc(SC(C)C(=O)c2ccc(Cl)cc2)n(CC2CCCO2)c1C. The monoisotopic (exact) mass is 378 g/mol. The quantitative estimate of drug-likeness (QED) is 0.540. The van der Waals surface area contributed by atoms with Gasteiger partial charge in [0.15, 0.2) is 10.9 Å². The number of rotatable bonds is 6. The molecule has 0 aliphatic carbocycles. The van der Waals surface area contributed by atoms with Gasteiger partial charge in [0.05, 0.1) is 23.6 Å². The van der Waals surface area contributed by atoms with Gasteiger partial charge >= 0.3 is 0 Å². The van der Waals surface area contributed by atoms with Gasteiger partial charge in [-0.2, -0.15) is 0 Å². The van der Waals surface area contributed by atoms with Gasteiger partial charge in [-0.25, -0.2) is 4.98 Å². The number of halogens is 1. The lowest BCUT2D eigenvalue weighted by atomic mass is 10.1. The van der Waals surface area contributed by atoms with Gasteiger partial charge in [-0.3, -0.25) is 4.79 Å². The molecule has 1 aliphatic heterocycles. The highest BCUT2D eigenvalue weighted by molar-refractivity contribution is 8.00. The van der Waals surface area contributed by atoms with Crippen LogP contribution in [0.5, 0.6) is 0 Å². The summed E-state index contributed by atoms with van der Waals surface area (Å²) in [5.74, 6) is 0.0867. The topological polar surface area (TPSA) is 44.1 Å². The van der Waals surface area contributed by atoms with Crippen LogP contribution in [0.3, 0.4) is 0 Å². The summed E-state index contributed by atoms with van der Waals surface area (Å²) < 4.78 is 7.97. The molecule has 0 saturated carbocycles. The van der Waals surface area contributed by atoms with Crippen molar-refractivity contribution >= 4 is 29.1 Å². The van der Waals surface area contributed by atoms with E-state index in [-0.39, 0.29) is 17.1 Å². The maximum atomic E-state index is 12.7. The summed E-state index contributed by atoms with van der Waals surface area (Å²) in [7, 11) is 0. The van der Waals surface area contributed by atoms with Crippen molar-refractivity contribution in [1.29, 1.82) is 0 Å². The average molecular weight is 379 g/mol. The number of aromatic nitrogens is 2. The number of aryl methyl sites for hydroxylation is 1. The molecule has 1 aromatic heterocycles. The minimum Gasteiger partial charge on any atom is -0.376 e. The molecule has 3 rings (SSSR count). The molecule has 134 valence electrons. The van der Waals surface area contributed by atoms with Gasteiger partial charge in [0.1, 0.15) is 0 Å². The van der Waals surface area contributed by atoms with Crippen molar-refractivity contribution in [2.24, 2.45) is 0 Å². The van der Waals surface area contributed by atoms with Gasteiger partial charge in [0.25, 0.3) is 0 Å². The zero-order chi connectivity index (χ0) is 18.0. The Morgan fingerprint density at radius 1 is 1.40 bits per heavy atom. The fourth-order valence-electron chi connectivity index (χ4n) is 2.98. The summed E-state index contributed by atoms with van der Waals surface area (Å²) in [5, 5.41) is 1.31. The number of hydrogen-bond acceptors (Lipinski definition) is 4. The van der Waals surface area contributed by atoms with E-state index in [2.05, 4.69) is 16.5 Å². The van der Waals surface area contributed by atoms with Crippen LogP contribution in [0, 0.1) is 13.8 Å². The van der Waals surface area contributed by atoms with Gasteiger partial charge in [-0.15, -0.1) is 0 Å². The maximum absolute atomic E-state index is 12.7. The predicted octanol–water partition coefficient (Wildman–Crippen LogP) is 4.70. The zero-order valence-electron chi connectivity index (χ0n) is 14.8. The molecule has 6 heteroatoms. The molecule has 0 N–H and O–H groups in total. The molecular weight excluding hydrogens is 356 g/mol. The molecule has 0 spiro atoms. The van der Waals surface area contributed by atoms with Crippen molar-refractivity contribution in [3.63, 3.8) is 0 Å². The largest absolute Gasteiger partial charge is 0.376 e. The first kappa shape index (κ1) is 18.5. The Hall–Kier alpha value is -1.30. The third-order valence-corrected chi connectivity index (χ3v) is 5.96. The molecule has 4 nitrogen and oxygen atoms in total. The number of benzene rings is 1. The van der Waals surface area contributed by atoms with E-state index >= 15 is 0 Å². The standard InChI is InChI=1S/C19H23ClN2O2S/c1-12-13(2)22(11-17-5-4-10-24-17)19(21-12)25-14(3)18(23)15-6-8-16(20)9-7-15/h6-9,14,17H,4-5,10-11H2,1-3H3. The van der Waals surface area contributed by atoms with Crippen LogP contribution < -0.4 is 0 Å². The molecule has 0 amide bonds. The second-order valence-electron chi connectivity index (χ2n) is 6.44. The van der Waals surface area contributed by atoms with E-state index in [1.807, 2.05) is 13.8 Å². The van der Waals surface area contributed by atoms with Crippen molar-refractivity contribution in [1.82, 2.24) is 9.55 Å². The fourth-order valence-corrected chi connectivity index (χ4v) is 4.19. The van der Waals surface area contributed by atoms with Crippen molar-refractivity contribution in [2.45, 2.75) is 56.7 Å². The van der Waals surface area contributed by atoms with Crippen molar-refractivity contribution in [3.8, 4) is 0 Å². The molecule has 1 saturated heterocycles. The lowest BCUT2D eigenvalue weighted by Gasteiger charge is -2.16. The summed E-state index contributed by atoms with van der Waals surface area (Å²) in [6, 6.07) is 7.05. The molecule has 2 atom stereocenters. The van der Waals surface area contributed by atoms with Gasteiger partial charge in [0.2, 0.25) is 0 Å². The highest BCUT2D eigenvalue weighted by atomic mass is 35.5. The Balaban J connectivity index is 1.76. The van der Waals surface area contributed by atoms with Crippen molar-refractivity contribution in [2.75, 3.05) is 6.61 Å². The van der Waals surface area contributed by atoms with Crippen LogP contribution >= 0.6 is 23.4 Å². The highest BCUT2D eigenvalue weighted by Crippen LogP contribution is 2.29. The van der Waals surface area contributed by atoms with Crippen molar-refractivity contribution < 1.29 is 9.53 Å². The van der Waals surface area contributed by atoms with E-state index in [1.54, 1.807) is 24.3 Å². The molecule has 1 fully saturated rings. The number of carbonyl (C=O) groups excluding carboxylic acids is 1. The summed E-state index contributed by atoms with van der Waals surface area (Å²) in [4.78, 5) is 17.4.